The fourth-order valence-electron chi connectivity index (χ4n) is 1.50. The molecule has 0 aromatic heterocycles. The Labute approximate surface area is 148 Å². The van der Waals surface area contributed by atoms with E-state index in [0.29, 0.717) is 5.69 Å². The van der Waals surface area contributed by atoms with Crippen LogP contribution in [0.2, 0.25) is 0 Å². The minimum absolute atomic E-state index is 0.0221. The summed E-state index contributed by atoms with van der Waals surface area (Å²) in [5.74, 6) is 0. The van der Waals surface area contributed by atoms with Crippen LogP contribution in [0.5, 0.6) is 0 Å². The average Bonchev–Trinajstić information content (AvgIpc) is 2.43. The van der Waals surface area contributed by atoms with E-state index in [1.807, 2.05) is 0 Å². The molecule has 8 nitrogen and oxygen atoms in total. The van der Waals surface area contributed by atoms with E-state index in [0.717, 1.165) is 0 Å². The summed E-state index contributed by atoms with van der Waals surface area (Å²) < 4.78 is 23.8. The number of nitrogens with zero attached hydrogens (tertiary/aromatic N) is 2. The van der Waals surface area contributed by atoms with Gasteiger partial charge < -0.3 is 9.05 Å². The number of hydrogen-bond acceptors (Lipinski definition) is 7. The Kier molecular flexibility index (Phi) is 7.59. The molecule has 0 atom stereocenters. The molecular formula is C13H19IN3O5P. The summed E-state index contributed by atoms with van der Waals surface area (Å²) in [6, 6.07) is 5.70. The lowest BCUT2D eigenvalue weighted by Crippen LogP contribution is -2.12. The highest BCUT2D eigenvalue weighted by Gasteiger charge is 2.33. The Morgan fingerprint density at radius 2 is 1.70 bits per heavy atom. The van der Waals surface area contributed by atoms with Gasteiger partial charge in [-0.15, -0.1) is 0 Å². The molecule has 0 bridgehead atoms. The van der Waals surface area contributed by atoms with Gasteiger partial charge in [0.05, 0.1) is 22.8 Å². The first-order valence-corrected chi connectivity index (χ1v) is 9.47. The fraction of sp³-hybridized carbons (Fsp3) is 0.462. The Bertz CT molecular complexity index is 605. The highest BCUT2D eigenvalue weighted by Crippen LogP contribution is 2.54. The number of nitro groups is 1. The predicted octanol–water partition coefficient (Wildman–Crippen LogP) is 4.76. The van der Waals surface area contributed by atoms with Crippen molar-refractivity contribution < 1.29 is 18.5 Å². The summed E-state index contributed by atoms with van der Waals surface area (Å²) in [4.78, 5) is 10.1. The summed E-state index contributed by atoms with van der Waals surface area (Å²) in [6.45, 7) is 7.02. The number of halogens is 1. The summed E-state index contributed by atoms with van der Waals surface area (Å²) in [7, 11) is -3.52. The second kappa shape index (κ2) is 8.72. The second-order valence-corrected chi connectivity index (χ2v) is 8.82. The fourth-order valence-corrected chi connectivity index (χ4v) is 3.81. The highest BCUT2D eigenvalue weighted by atomic mass is 127. The van der Waals surface area contributed by atoms with Crippen LogP contribution in [0, 0.1) is 10.1 Å². The van der Waals surface area contributed by atoms with Crippen molar-refractivity contribution in [3.05, 3.63) is 34.4 Å². The van der Waals surface area contributed by atoms with Gasteiger partial charge in [-0.25, -0.2) is 0 Å². The number of non-ortho nitro benzene ring substituents is 1. The third-order valence-electron chi connectivity index (χ3n) is 2.28. The molecule has 0 spiro atoms. The standard InChI is InChI=1S/C13H19IN3O5P/c1-9(2)21-23(20,22-10(3)4)13(14)16-15-11-5-7-12(8-6-11)17(18)19/h5-10,15H,1-4H3/b16-13+. The Hall–Kier alpha value is -1.03. The molecule has 128 valence electrons. The van der Waals surface area contributed by atoms with Crippen LogP contribution in [0.3, 0.4) is 0 Å². The molecule has 1 aromatic rings. The lowest BCUT2D eigenvalue weighted by Gasteiger charge is -2.21. The number of nitrogens with one attached hydrogen (secondary N) is 1. The minimum Gasteiger partial charge on any atom is -0.301 e. The van der Waals surface area contributed by atoms with Crippen molar-refractivity contribution >= 4 is 45.0 Å². The van der Waals surface area contributed by atoms with Crippen LogP contribution in [0.4, 0.5) is 11.4 Å². The number of hydrazone groups is 1. The van der Waals surface area contributed by atoms with Crippen molar-refractivity contribution in [3.8, 4) is 0 Å². The van der Waals surface area contributed by atoms with Gasteiger partial charge >= 0.3 is 7.60 Å². The Balaban J connectivity index is 2.90. The maximum atomic E-state index is 12.8. The molecule has 0 heterocycles. The van der Waals surface area contributed by atoms with Gasteiger partial charge in [0.2, 0.25) is 3.46 Å². The van der Waals surface area contributed by atoms with Crippen LogP contribution in [0.1, 0.15) is 27.7 Å². The molecule has 1 aromatic carbocycles. The molecule has 0 saturated heterocycles. The smallest absolute Gasteiger partial charge is 0.301 e. The summed E-state index contributed by atoms with van der Waals surface area (Å²) in [5.41, 5.74) is 3.19. The van der Waals surface area contributed by atoms with Crippen LogP contribution in [0.25, 0.3) is 0 Å². The lowest BCUT2D eigenvalue weighted by molar-refractivity contribution is -0.384. The summed E-state index contributed by atoms with van der Waals surface area (Å²) in [6.07, 6.45) is -0.585. The van der Waals surface area contributed by atoms with Gasteiger partial charge in [0, 0.05) is 12.1 Å². The van der Waals surface area contributed by atoms with Gasteiger partial charge in [-0.1, -0.05) is 0 Å². The van der Waals surface area contributed by atoms with Gasteiger partial charge in [0.25, 0.3) is 5.69 Å². The highest BCUT2D eigenvalue weighted by molar-refractivity contribution is 14.1. The molecule has 0 amide bonds. The topological polar surface area (TPSA) is 103 Å². The minimum atomic E-state index is -3.52. The first-order valence-electron chi connectivity index (χ1n) is 6.85. The zero-order chi connectivity index (χ0) is 17.6. The number of benzene rings is 1. The number of hydrogen-bond donors (Lipinski definition) is 1. The van der Waals surface area contributed by atoms with Crippen LogP contribution in [-0.4, -0.2) is 20.6 Å². The zero-order valence-electron chi connectivity index (χ0n) is 13.2. The van der Waals surface area contributed by atoms with E-state index >= 15 is 0 Å². The molecule has 1 rings (SSSR count). The normalized spacial score (nSPS) is 12.7. The van der Waals surface area contributed by atoms with E-state index in [-0.39, 0.29) is 21.4 Å². The Morgan fingerprint density at radius 1 is 1.22 bits per heavy atom. The molecule has 0 fully saturated rings. The first-order chi connectivity index (χ1) is 10.6. The van der Waals surface area contributed by atoms with Gasteiger partial charge in [0.1, 0.15) is 0 Å². The zero-order valence-corrected chi connectivity index (χ0v) is 16.3. The maximum Gasteiger partial charge on any atom is 0.388 e. The average molecular weight is 455 g/mol. The van der Waals surface area contributed by atoms with Crippen molar-refractivity contribution in [1.82, 2.24) is 0 Å². The largest absolute Gasteiger partial charge is 0.388 e. The van der Waals surface area contributed by atoms with Crippen LogP contribution >= 0.6 is 30.2 Å². The molecular weight excluding hydrogens is 436 g/mol. The quantitative estimate of drug-likeness (QED) is 0.200. The number of anilines is 1. The molecule has 10 heteroatoms. The first kappa shape index (κ1) is 20.0. The van der Waals surface area contributed by atoms with Crippen LogP contribution in [0.15, 0.2) is 29.4 Å². The maximum absolute atomic E-state index is 12.8. The van der Waals surface area contributed by atoms with Gasteiger partial charge in [-0.2, -0.15) is 5.10 Å². The third kappa shape index (κ3) is 6.54. The lowest BCUT2D eigenvalue weighted by atomic mass is 10.3. The van der Waals surface area contributed by atoms with E-state index in [9.17, 15) is 14.7 Å². The number of rotatable bonds is 8. The van der Waals surface area contributed by atoms with Gasteiger partial charge in [0.15, 0.2) is 0 Å². The van der Waals surface area contributed by atoms with Crippen molar-refractivity contribution in [2.75, 3.05) is 5.43 Å². The Morgan fingerprint density at radius 3 is 2.09 bits per heavy atom. The van der Waals surface area contributed by atoms with Crippen molar-refractivity contribution in [2.24, 2.45) is 5.10 Å². The second-order valence-electron chi connectivity index (χ2n) is 5.10. The van der Waals surface area contributed by atoms with Crippen LogP contribution < -0.4 is 5.43 Å². The predicted molar refractivity (Wildman–Crippen MR) is 98.2 cm³/mol. The summed E-state index contributed by atoms with van der Waals surface area (Å²) in [5, 5.41) is 14.6. The molecule has 23 heavy (non-hydrogen) atoms. The molecule has 0 saturated carbocycles. The van der Waals surface area contributed by atoms with Crippen molar-refractivity contribution in [3.63, 3.8) is 0 Å². The molecule has 0 radical (unpaired) electrons. The SMILES string of the molecule is CC(C)OP(=O)(OC(C)C)/C(I)=N/Nc1ccc([N+](=O)[O-])cc1. The van der Waals surface area contributed by atoms with Crippen LogP contribution in [-0.2, 0) is 13.6 Å². The molecule has 0 aliphatic rings. The number of nitro benzene ring substituents is 1. The van der Waals surface area contributed by atoms with E-state index in [1.165, 1.54) is 24.3 Å². The third-order valence-corrected chi connectivity index (χ3v) is 6.24. The summed E-state index contributed by atoms with van der Waals surface area (Å²) >= 11 is 1.80. The van der Waals surface area contributed by atoms with Gasteiger partial charge in [-0.05, 0) is 62.4 Å². The molecule has 1 N–H and O–H groups in total. The monoisotopic (exact) mass is 455 g/mol. The van der Waals surface area contributed by atoms with Gasteiger partial charge in [-0.3, -0.25) is 20.1 Å². The molecule has 0 aliphatic heterocycles. The van der Waals surface area contributed by atoms with E-state index in [2.05, 4.69) is 10.5 Å². The van der Waals surface area contributed by atoms with Crippen molar-refractivity contribution in [2.45, 2.75) is 39.9 Å². The molecule has 0 unspecified atom stereocenters. The molecule has 0 aliphatic carbocycles. The van der Waals surface area contributed by atoms with E-state index in [1.54, 1.807) is 50.3 Å². The van der Waals surface area contributed by atoms with E-state index < -0.39 is 12.5 Å². The van der Waals surface area contributed by atoms with E-state index in [4.69, 9.17) is 9.05 Å². The van der Waals surface area contributed by atoms with Crippen molar-refractivity contribution in [1.29, 1.82) is 0 Å².